The van der Waals surface area contributed by atoms with Crippen LogP contribution in [0.3, 0.4) is 0 Å². The molecule has 1 heterocycles. The Morgan fingerprint density at radius 3 is 3.05 bits per heavy atom. The first-order valence-corrected chi connectivity index (χ1v) is 7.49. The second-order valence-electron chi connectivity index (χ2n) is 5.17. The van der Waals surface area contributed by atoms with Crippen LogP contribution in [0.5, 0.6) is 5.75 Å². The summed E-state index contributed by atoms with van der Waals surface area (Å²) in [5, 5.41) is 6.16. The minimum absolute atomic E-state index is 0.102. The van der Waals surface area contributed by atoms with Crippen LogP contribution in [0.25, 0.3) is 0 Å². The molecule has 1 aliphatic rings. The van der Waals surface area contributed by atoms with Crippen molar-refractivity contribution in [2.75, 3.05) is 40.0 Å². The van der Waals surface area contributed by atoms with Crippen LogP contribution in [-0.2, 0) is 9.53 Å². The first-order chi connectivity index (χ1) is 10.3. The van der Waals surface area contributed by atoms with Crippen molar-refractivity contribution in [3.05, 3.63) is 29.8 Å². The van der Waals surface area contributed by atoms with Gasteiger partial charge in [-0.05, 0) is 24.0 Å². The number of hydrogen-bond acceptors (Lipinski definition) is 4. The van der Waals surface area contributed by atoms with Crippen LogP contribution in [0.4, 0.5) is 0 Å². The highest BCUT2D eigenvalue weighted by atomic mass is 16.5. The number of fused-ring (bicyclic) bond motifs is 1. The fraction of sp³-hybridized carbons (Fsp3) is 0.562. The van der Waals surface area contributed by atoms with E-state index in [9.17, 15) is 4.79 Å². The number of benzene rings is 1. The molecule has 1 unspecified atom stereocenters. The molecule has 0 aliphatic carbocycles. The molecule has 116 valence electrons. The number of carbonyl (C=O) groups excluding carboxylic acids is 1. The molecule has 5 heteroatoms. The second-order valence-corrected chi connectivity index (χ2v) is 5.17. The fourth-order valence-electron chi connectivity index (χ4n) is 2.51. The van der Waals surface area contributed by atoms with Gasteiger partial charge < -0.3 is 20.1 Å². The summed E-state index contributed by atoms with van der Waals surface area (Å²) in [5.74, 6) is 1.28. The molecule has 5 nitrogen and oxygen atoms in total. The van der Waals surface area contributed by atoms with Crippen molar-refractivity contribution in [2.24, 2.45) is 0 Å². The Bertz CT molecular complexity index is 451. The number of rotatable bonds is 8. The molecular weight excluding hydrogens is 268 g/mol. The van der Waals surface area contributed by atoms with Crippen LogP contribution in [0.15, 0.2) is 24.3 Å². The number of ether oxygens (including phenoxy) is 2. The first-order valence-electron chi connectivity index (χ1n) is 7.49. The van der Waals surface area contributed by atoms with E-state index >= 15 is 0 Å². The largest absolute Gasteiger partial charge is 0.493 e. The maximum atomic E-state index is 12.0. The maximum Gasteiger partial charge on any atom is 0.220 e. The zero-order valence-corrected chi connectivity index (χ0v) is 12.6. The summed E-state index contributed by atoms with van der Waals surface area (Å²) in [7, 11) is 1.68. The number of amides is 1. The van der Waals surface area contributed by atoms with Crippen molar-refractivity contribution < 1.29 is 14.3 Å². The van der Waals surface area contributed by atoms with E-state index in [0.717, 1.165) is 30.8 Å². The Hall–Kier alpha value is -1.59. The van der Waals surface area contributed by atoms with E-state index in [2.05, 4.69) is 16.7 Å². The van der Waals surface area contributed by atoms with Gasteiger partial charge in [0.15, 0.2) is 0 Å². The van der Waals surface area contributed by atoms with Gasteiger partial charge in [0, 0.05) is 33.2 Å². The zero-order valence-electron chi connectivity index (χ0n) is 12.6. The molecule has 0 saturated carbocycles. The molecule has 1 atom stereocenters. The smallest absolute Gasteiger partial charge is 0.220 e. The van der Waals surface area contributed by atoms with Crippen molar-refractivity contribution in [1.29, 1.82) is 0 Å². The quantitative estimate of drug-likeness (QED) is 0.709. The van der Waals surface area contributed by atoms with E-state index in [1.165, 1.54) is 0 Å². The number of carbonyl (C=O) groups is 1. The van der Waals surface area contributed by atoms with Crippen molar-refractivity contribution in [3.63, 3.8) is 0 Å². The van der Waals surface area contributed by atoms with E-state index in [-0.39, 0.29) is 11.8 Å². The highest BCUT2D eigenvalue weighted by Crippen LogP contribution is 2.35. The molecule has 1 aromatic carbocycles. The lowest BCUT2D eigenvalue weighted by Gasteiger charge is -2.25. The monoisotopic (exact) mass is 292 g/mol. The minimum Gasteiger partial charge on any atom is -0.493 e. The third-order valence-corrected chi connectivity index (χ3v) is 3.62. The molecule has 0 bridgehead atoms. The number of hydrogen-bond donors (Lipinski definition) is 2. The van der Waals surface area contributed by atoms with E-state index in [1.807, 2.05) is 18.2 Å². The summed E-state index contributed by atoms with van der Waals surface area (Å²) >= 11 is 0. The predicted molar refractivity (Wildman–Crippen MR) is 81.7 cm³/mol. The maximum absolute atomic E-state index is 12.0. The average molecular weight is 292 g/mol. The Morgan fingerprint density at radius 2 is 2.19 bits per heavy atom. The van der Waals surface area contributed by atoms with Gasteiger partial charge in [-0.15, -0.1) is 0 Å². The van der Waals surface area contributed by atoms with Gasteiger partial charge in [0.1, 0.15) is 5.75 Å². The molecular formula is C16H24N2O3. The summed E-state index contributed by atoms with van der Waals surface area (Å²) in [6.07, 6.45) is 1.43. The molecule has 0 radical (unpaired) electrons. The van der Waals surface area contributed by atoms with E-state index in [0.29, 0.717) is 26.2 Å². The summed E-state index contributed by atoms with van der Waals surface area (Å²) < 4.78 is 10.6. The summed E-state index contributed by atoms with van der Waals surface area (Å²) in [6, 6.07) is 7.99. The van der Waals surface area contributed by atoms with Crippen molar-refractivity contribution in [3.8, 4) is 5.75 Å². The Morgan fingerprint density at radius 1 is 1.33 bits per heavy atom. The van der Waals surface area contributed by atoms with E-state index in [1.54, 1.807) is 7.11 Å². The number of nitrogens with one attached hydrogen (secondary N) is 2. The highest BCUT2D eigenvalue weighted by Gasteiger charge is 2.23. The molecule has 2 N–H and O–H groups in total. The lowest BCUT2D eigenvalue weighted by atomic mass is 9.90. The SMILES string of the molecule is COCCNCCNC(=O)CC1CCOc2ccccc21. The third kappa shape index (κ3) is 5.02. The summed E-state index contributed by atoms with van der Waals surface area (Å²) in [4.78, 5) is 12.0. The van der Waals surface area contributed by atoms with Gasteiger partial charge in [0.2, 0.25) is 5.91 Å². The lowest BCUT2D eigenvalue weighted by molar-refractivity contribution is -0.121. The summed E-state index contributed by atoms with van der Waals surface area (Å²) in [6.45, 7) is 3.59. The van der Waals surface area contributed by atoms with E-state index < -0.39 is 0 Å². The van der Waals surface area contributed by atoms with Crippen molar-refractivity contribution >= 4 is 5.91 Å². The standard InChI is InChI=1S/C16H24N2O3/c1-20-11-9-17-7-8-18-16(19)12-13-6-10-21-15-5-3-2-4-14(13)15/h2-5,13,17H,6-12H2,1H3,(H,18,19). The number of methoxy groups -OCH3 is 1. The Labute approximate surface area is 126 Å². The van der Waals surface area contributed by atoms with E-state index in [4.69, 9.17) is 9.47 Å². The van der Waals surface area contributed by atoms with Crippen LogP contribution in [0.2, 0.25) is 0 Å². The normalized spacial score (nSPS) is 16.9. The number of para-hydroxylation sites is 1. The third-order valence-electron chi connectivity index (χ3n) is 3.62. The van der Waals surface area contributed by atoms with Crippen molar-refractivity contribution in [1.82, 2.24) is 10.6 Å². The Kier molecular flexibility index (Phi) is 6.50. The minimum atomic E-state index is 0.102. The predicted octanol–water partition coefficient (Wildman–Crippen LogP) is 1.29. The van der Waals surface area contributed by atoms with Gasteiger partial charge in [-0.2, -0.15) is 0 Å². The van der Waals surface area contributed by atoms with Gasteiger partial charge >= 0.3 is 0 Å². The van der Waals surface area contributed by atoms with Gasteiger partial charge in [-0.25, -0.2) is 0 Å². The fourth-order valence-corrected chi connectivity index (χ4v) is 2.51. The second kappa shape index (κ2) is 8.64. The first kappa shape index (κ1) is 15.8. The molecule has 0 fully saturated rings. The van der Waals surface area contributed by atoms with Gasteiger partial charge in [0.25, 0.3) is 0 Å². The van der Waals surface area contributed by atoms with Gasteiger partial charge in [-0.1, -0.05) is 18.2 Å². The molecule has 2 rings (SSSR count). The lowest BCUT2D eigenvalue weighted by Crippen LogP contribution is -2.34. The van der Waals surface area contributed by atoms with Crippen LogP contribution in [0.1, 0.15) is 24.3 Å². The van der Waals surface area contributed by atoms with Crippen LogP contribution in [-0.4, -0.2) is 45.9 Å². The molecule has 1 aromatic rings. The van der Waals surface area contributed by atoms with Crippen LogP contribution >= 0.6 is 0 Å². The Balaban J connectivity index is 1.71. The summed E-state index contributed by atoms with van der Waals surface area (Å²) in [5.41, 5.74) is 1.15. The topological polar surface area (TPSA) is 59.6 Å². The van der Waals surface area contributed by atoms with Crippen LogP contribution < -0.4 is 15.4 Å². The molecule has 0 saturated heterocycles. The molecule has 0 spiro atoms. The molecule has 21 heavy (non-hydrogen) atoms. The van der Waals surface area contributed by atoms with Crippen LogP contribution in [0, 0.1) is 0 Å². The molecule has 1 aliphatic heterocycles. The van der Waals surface area contributed by atoms with Gasteiger partial charge in [-0.3, -0.25) is 4.79 Å². The van der Waals surface area contributed by atoms with Crippen molar-refractivity contribution in [2.45, 2.75) is 18.8 Å². The van der Waals surface area contributed by atoms with Gasteiger partial charge in [0.05, 0.1) is 13.2 Å². The highest BCUT2D eigenvalue weighted by molar-refractivity contribution is 5.77. The molecule has 0 aromatic heterocycles. The zero-order chi connectivity index (χ0) is 14.9. The molecule has 1 amide bonds. The average Bonchev–Trinajstić information content (AvgIpc) is 2.51.